The van der Waals surface area contributed by atoms with Gasteiger partial charge in [-0.2, -0.15) is 0 Å². The second-order valence-corrected chi connectivity index (χ2v) is 29.1. The van der Waals surface area contributed by atoms with Gasteiger partial charge in [-0.05, 0) is 157 Å². The Labute approximate surface area is 697 Å². The van der Waals surface area contributed by atoms with Crippen LogP contribution in [0.5, 0.6) is 0 Å². The Morgan fingerprint density at radius 2 is 0.375 bits per heavy atom. The van der Waals surface area contributed by atoms with Gasteiger partial charge in [-0.25, -0.2) is 29.9 Å². The highest BCUT2D eigenvalue weighted by Crippen LogP contribution is 2.40. The topological polar surface area (TPSA) is 129 Å². The van der Waals surface area contributed by atoms with E-state index in [1.807, 2.05) is 158 Å². The number of aromatic nitrogens is 10. The van der Waals surface area contributed by atoms with Crippen molar-refractivity contribution in [2.45, 2.75) is 0 Å². The summed E-state index contributed by atoms with van der Waals surface area (Å²) in [5.74, 6) is 1.41. The van der Waals surface area contributed by atoms with Crippen molar-refractivity contribution in [1.82, 2.24) is 49.8 Å². The molecule has 0 bridgehead atoms. The van der Waals surface area contributed by atoms with Crippen LogP contribution in [0.25, 0.3) is 202 Å². The van der Waals surface area contributed by atoms with Gasteiger partial charge in [0, 0.05) is 69.3 Å². The van der Waals surface area contributed by atoms with Crippen LogP contribution in [-0.4, -0.2) is 49.8 Å². The van der Waals surface area contributed by atoms with Crippen molar-refractivity contribution in [3.05, 3.63) is 449 Å². The third-order valence-corrected chi connectivity index (χ3v) is 21.3. The summed E-state index contributed by atoms with van der Waals surface area (Å²) in [6.45, 7) is 0. The van der Waals surface area contributed by atoms with E-state index in [-0.39, 0.29) is 0 Å². The Kier molecular flexibility index (Phi) is 21.2. The van der Waals surface area contributed by atoms with Crippen LogP contribution in [0, 0.1) is 0 Å². The molecule has 0 aliphatic rings. The van der Waals surface area contributed by atoms with Gasteiger partial charge in [0.2, 0.25) is 0 Å². The quantitative estimate of drug-likeness (QED) is 0.0819. The third kappa shape index (κ3) is 16.7. The highest BCUT2D eigenvalue weighted by Gasteiger charge is 2.19. The molecule has 0 aliphatic carbocycles. The molecule has 0 saturated carbocycles. The summed E-state index contributed by atoms with van der Waals surface area (Å²) in [4.78, 5) is 49.2. The van der Waals surface area contributed by atoms with Crippen LogP contribution in [0.15, 0.2) is 449 Å². The zero-order valence-electron chi connectivity index (χ0n) is 65.2. The second kappa shape index (κ2) is 34.4. The average Bonchev–Trinajstić information content (AvgIpc) is 0.789. The first kappa shape index (κ1) is 73.8. The van der Waals surface area contributed by atoms with Gasteiger partial charge in [-0.15, -0.1) is 0 Å². The molecule has 8 heterocycles. The van der Waals surface area contributed by atoms with Crippen LogP contribution < -0.4 is 0 Å². The highest BCUT2D eigenvalue weighted by molar-refractivity contribution is 5.88. The van der Waals surface area contributed by atoms with Crippen molar-refractivity contribution in [1.29, 1.82) is 0 Å². The van der Waals surface area contributed by atoms with E-state index in [1.165, 1.54) is 5.56 Å². The number of hydrogen-bond donors (Lipinski definition) is 0. The summed E-state index contributed by atoms with van der Waals surface area (Å²) in [7, 11) is 0. The zero-order valence-corrected chi connectivity index (χ0v) is 65.2. The summed E-state index contributed by atoms with van der Waals surface area (Å²) in [6.07, 6.45) is 7.47. The van der Waals surface area contributed by atoms with Gasteiger partial charge >= 0.3 is 0 Å². The molecular formula is C110H74N10. The summed E-state index contributed by atoms with van der Waals surface area (Å²) < 4.78 is 0. The summed E-state index contributed by atoms with van der Waals surface area (Å²) in [5, 5.41) is 0. The molecule has 0 fully saturated rings. The van der Waals surface area contributed by atoms with Crippen LogP contribution in [0.1, 0.15) is 0 Å². The molecule has 564 valence electrons. The Bertz CT molecular complexity index is 6780. The van der Waals surface area contributed by atoms with Crippen LogP contribution in [0.3, 0.4) is 0 Å². The maximum Gasteiger partial charge on any atom is 0.160 e. The lowest BCUT2D eigenvalue weighted by atomic mass is 9.93. The van der Waals surface area contributed by atoms with Crippen molar-refractivity contribution < 1.29 is 0 Å². The van der Waals surface area contributed by atoms with Crippen molar-refractivity contribution in [2.24, 2.45) is 0 Å². The van der Waals surface area contributed by atoms with Gasteiger partial charge in [0.25, 0.3) is 0 Å². The largest absolute Gasteiger partial charge is 0.255 e. The number of pyridine rings is 6. The summed E-state index contributed by atoms with van der Waals surface area (Å²) in [5.41, 5.74) is 33.8. The Hall–Kier alpha value is -16.3. The lowest BCUT2D eigenvalue weighted by molar-refractivity contribution is 1.18. The molecule has 0 aliphatic heterocycles. The van der Waals surface area contributed by atoms with Gasteiger partial charge in [0.05, 0.1) is 68.3 Å². The maximum absolute atomic E-state index is 5.08. The fourth-order valence-electron chi connectivity index (χ4n) is 15.0. The molecule has 8 aromatic heterocycles. The third-order valence-electron chi connectivity index (χ3n) is 21.3. The Morgan fingerprint density at radius 3 is 0.725 bits per heavy atom. The maximum atomic E-state index is 5.08. The van der Waals surface area contributed by atoms with Gasteiger partial charge in [-0.1, -0.05) is 346 Å². The minimum atomic E-state index is 0.706. The van der Waals surface area contributed by atoms with E-state index < -0.39 is 0 Å². The highest BCUT2D eigenvalue weighted by atomic mass is 14.9. The molecule has 0 radical (unpaired) electrons. The molecule has 0 spiro atoms. The van der Waals surface area contributed by atoms with Gasteiger partial charge in [-0.3, -0.25) is 19.9 Å². The molecule has 0 unspecified atom stereocenters. The second-order valence-electron chi connectivity index (χ2n) is 29.1. The van der Waals surface area contributed by atoms with E-state index in [9.17, 15) is 0 Å². The fourth-order valence-corrected chi connectivity index (χ4v) is 15.0. The van der Waals surface area contributed by atoms with Gasteiger partial charge < -0.3 is 0 Å². The average molecular weight is 1540 g/mol. The van der Waals surface area contributed by atoms with Gasteiger partial charge in [0.15, 0.2) is 11.6 Å². The smallest absolute Gasteiger partial charge is 0.160 e. The minimum Gasteiger partial charge on any atom is -0.255 e. The van der Waals surface area contributed by atoms with Crippen molar-refractivity contribution in [2.75, 3.05) is 0 Å². The molecule has 0 atom stereocenters. The van der Waals surface area contributed by atoms with Gasteiger partial charge in [0.1, 0.15) is 0 Å². The van der Waals surface area contributed by atoms with Crippen molar-refractivity contribution >= 4 is 0 Å². The van der Waals surface area contributed by atoms with E-state index in [4.69, 9.17) is 39.9 Å². The summed E-state index contributed by atoms with van der Waals surface area (Å²) >= 11 is 0. The first-order valence-corrected chi connectivity index (χ1v) is 39.9. The predicted molar refractivity (Wildman–Crippen MR) is 489 cm³/mol. The molecule has 0 saturated heterocycles. The van der Waals surface area contributed by atoms with E-state index in [0.29, 0.717) is 11.6 Å². The molecule has 20 aromatic rings. The fraction of sp³-hybridized carbons (Fsp3) is 0. The minimum absolute atomic E-state index is 0.706. The molecule has 20 rings (SSSR count). The number of rotatable bonds is 18. The molecule has 12 aromatic carbocycles. The van der Waals surface area contributed by atoms with E-state index in [0.717, 1.165) is 185 Å². The lowest BCUT2D eigenvalue weighted by Gasteiger charge is -2.13. The molecule has 0 amide bonds. The number of benzene rings is 12. The van der Waals surface area contributed by atoms with Crippen molar-refractivity contribution in [3.63, 3.8) is 0 Å². The number of nitrogens with zero attached hydrogens (tertiary/aromatic N) is 10. The molecule has 10 nitrogen and oxygen atoms in total. The van der Waals surface area contributed by atoms with E-state index >= 15 is 0 Å². The van der Waals surface area contributed by atoms with Crippen LogP contribution in [-0.2, 0) is 0 Å². The first-order chi connectivity index (χ1) is 59.4. The van der Waals surface area contributed by atoms with E-state index in [2.05, 4.69) is 289 Å². The van der Waals surface area contributed by atoms with Crippen LogP contribution in [0.2, 0.25) is 0 Å². The SMILES string of the molecule is c1ccc(-c2cc(-c3ccc(-c4ccc(-c5ccc(-c6cc(-c7ccccc7-c7ccccc7)cc(-c7ccccn7)n6)nc5)cc4)cc3)nc(-c3ccccc3)n2)cc1.c1ccc(-c2cccc(-c3cc(-c4ccccn4)nc(-c4ccc(-c5ccc(-c6ccc(-c7cc(-c8ccccc8)nc(-c8ccccc8)n7)cc6)cc5)cn4)c3)c2)cc1. The monoisotopic (exact) mass is 1530 g/mol. The molecule has 10 heteroatoms. The van der Waals surface area contributed by atoms with E-state index in [1.54, 1.807) is 12.4 Å². The number of hydrogen-bond acceptors (Lipinski definition) is 10. The predicted octanol–water partition coefficient (Wildman–Crippen LogP) is 27.3. The standard InChI is InChI=1S/2C55H37N5/c1-4-14-41(15-5-1)47-20-10-11-21-48(47)46-34-53(49-22-12-13-33-56-49)58-54(35-46)50-32-31-45(37-57-50)40-25-23-38(24-26-40)39-27-29-43(30-28-39)52-36-51(42-16-6-2-7-17-42)59-55(60-52)44-18-8-3-9-19-44;1-4-13-38(14-5-1)45-19-12-20-46(33-45)48-34-53(49-21-10-11-32-56-49)58-54(35-48)50-31-30-47(37-57-50)41-24-22-39(23-25-41)40-26-28-43(29-27-40)52-36-51(42-15-6-2-7-16-42)59-55(60-52)44-17-8-3-9-18-44/h2*1-37H. The van der Waals surface area contributed by atoms with Crippen LogP contribution in [0.4, 0.5) is 0 Å². The van der Waals surface area contributed by atoms with Crippen molar-refractivity contribution in [3.8, 4) is 202 Å². The zero-order chi connectivity index (χ0) is 80.2. The molecular weight excluding hydrogens is 1460 g/mol. The summed E-state index contributed by atoms with van der Waals surface area (Å²) in [6, 6.07) is 146. The molecule has 0 N–H and O–H groups in total. The first-order valence-electron chi connectivity index (χ1n) is 39.9. The lowest BCUT2D eigenvalue weighted by Crippen LogP contribution is -1.95. The molecule has 120 heavy (non-hydrogen) atoms. The Balaban J connectivity index is 0.000000159. The normalized spacial score (nSPS) is 11.0. The Morgan fingerprint density at radius 1 is 0.117 bits per heavy atom. The van der Waals surface area contributed by atoms with Crippen LogP contribution >= 0.6 is 0 Å².